The van der Waals surface area contributed by atoms with E-state index in [1.165, 1.54) is 32.1 Å². The highest BCUT2D eigenvalue weighted by Crippen LogP contribution is 2.16. The molecule has 5 nitrogen and oxygen atoms in total. The molecule has 0 aromatic heterocycles. The second kappa shape index (κ2) is 17.9. The first-order valence-corrected chi connectivity index (χ1v) is 7.85. The van der Waals surface area contributed by atoms with Crippen molar-refractivity contribution in [1.82, 2.24) is 16.0 Å². The lowest BCUT2D eigenvalue weighted by atomic mass is 9.96. The van der Waals surface area contributed by atoms with Crippen molar-refractivity contribution in [3.63, 3.8) is 0 Å². The van der Waals surface area contributed by atoms with Crippen molar-refractivity contribution >= 4 is 12.3 Å². The van der Waals surface area contributed by atoms with Gasteiger partial charge in [0.1, 0.15) is 0 Å². The first-order valence-electron chi connectivity index (χ1n) is 7.85. The van der Waals surface area contributed by atoms with E-state index in [9.17, 15) is 9.59 Å². The Morgan fingerprint density at radius 1 is 1.15 bits per heavy atom. The van der Waals surface area contributed by atoms with Crippen molar-refractivity contribution in [3.05, 3.63) is 0 Å². The van der Waals surface area contributed by atoms with Gasteiger partial charge in [-0.1, -0.05) is 40.0 Å². The lowest BCUT2D eigenvalue weighted by molar-refractivity contribution is -0.120. The third-order valence-electron chi connectivity index (χ3n) is 3.01. The normalized spacial score (nSPS) is 14.0. The van der Waals surface area contributed by atoms with Gasteiger partial charge in [0.15, 0.2) is 0 Å². The maximum Gasteiger partial charge on any atom is 0.219 e. The summed E-state index contributed by atoms with van der Waals surface area (Å²) in [5.74, 6) is 0.00713. The fraction of sp³-hybridized carbons (Fsp3) is 0.867. The lowest BCUT2D eigenvalue weighted by Crippen LogP contribution is -2.30. The van der Waals surface area contributed by atoms with E-state index in [-0.39, 0.29) is 5.91 Å². The highest BCUT2D eigenvalue weighted by molar-refractivity contribution is 5.75. The Morgan fingerprint density at radius 3 is 2.15 bits per heavy atom. The summed E-state index contributed by atoms with van der Waals surface area (Å²) in [6, 6.07) is 0.837. The Morgan fingerprint density at radius 2 is 1.75 bits per heavy atom. The third-order valence-corrected chi connectivity index (χ3v) is 3.01. The quantitative estimate of drug-likeness (QED) is 0.515. The Labute approximate surface area is 124 Å². The van der Waals surface area contributed by atoms with Gasteiger partial charge in [-0.05, 0) is 19.9 Å². The molecular formula is C15H33N3O2. The van der Waals surface area contributed by atoms with Crippen LogP contribution in [-0.2, 0) is 9.59 Å². The molecule has 3 N–H and O–H groups in total. The van der Waals surface area contributed by atoms with Gasteiger partial charge in [0.2, 0.25) is 12.3 Å². The summed E-state index contributed by atoms with van der Waals surface area (Å²) >= 11 is 0. The van der Waals surface area contributed by atoms with Crippen molar-refractivity contribution in [2.45, 2.75) is 65.3 Å². The second-order valence-electron chi connectivity index (χ2n) is 4.40. The van der Waals surface area contributed by atoms with Crippen molar-refractivity contribution in [1.29, 1.82) is 0 Å². The average Bonchev–Trinajstić information content (AvgIpc) is 2.54. The minimum Gasteiger partial charge on any atom is -0.357 e. The molecule has 1 aliphatic carbocycles. The minimum atomic E-state index is 0.00713. The van der Waals surface area contributed by atoms with Gasteiger partial charge in [-0.25, -0.2) is 0 Å². The molecular weight excluding hydrogens is 254 g/mol. The molecule has 0 radical (unpaired) electrons. The molecule has 0 spiro atoms. The zero-order valence-electron chi connectivity index (χ0n) is 13.6. The number of hydrogen-bond donors (Lipinski definition) is 3. The fourth-order valence-electron chi connectivity index (χ4n) is 1.85. The van der Waals surface area contributed by atoms with Crippen LogP contribution in [0.2, 0.25) is 0 Å². The summed E-state index contributed by atoms with van der Waals surface area (Å²) < 4.78 is 0. The molecule has 1 fully saturated rings. The van der Waals surface area contributed by atoms with Gasteiger partial charge in [0.25, 0.3) is 0 Å². The highest BCUT2D eigenvalue weighted by atomic mass is 16.1. The summed E-state index contributed by atoms with van der Waals surface area (Å²) in [6.07, 6.45) is 8.22. The number of amides is 2. The van der Waals surface area contributed by atoms with Crippen LogP contribution in [0, 0.1) is 0 Å². The molecule has 20 heavy (non-hydrogen) atoms. The third kappa shape index (κ3) is 15.0. The molecule has 1 rings (SSSR count). The highest BCUT2D eigenvalue weighted by Gasteiger charge is 2.09. The molecule has 120 valence electrons. The van der Waals surface area contributed by atoms with E-state index in [0.29, 0.717) is 25.9 Å². The van der Waals surface area contributed by atoms with E-state index in [1.807, 2.05) is 13.8 Å². The molecule has 1 aliphatic rings. The van der Waals surface area contributed by atoms with Crippen molar-refractivity contribution in [3.8, 4) is 0 Å². The van der Waals surface area contributed by atoms with Crippen LogP contribution in [0.4, 0.5) is 0 Å². The topological polar surface area (TPSA) is 70.2 Å². The smallest absolute Gasteiger partial charge is 0.219 e. The average molecular weight is 287 g/mol. The molecule has 2 amide bonds. The van der Waals surface area contributed by atoms with E-state index < -0.39 is 0 Å². The van der Waals surface area contributed by atoms with E-state index in [4.69, 9.17) is 0 Å². The Kier molecular flexibility index (Phi) is 19.0. The predicted molar refractivity (Wildman–Crippen MR) is 84.6 cm³/mol. The van der Waals surface area contributed by atoms with Gasteiger partial charge in [0, 0.05) is 25.6 Å². The standard InChI is InChI=1S/C7H15N.C6H12N2O2.C2H6/c1-8-7-5-3-2-4-6-7;1-2-6(10)8-4-3-7-5-9;1-2/h7-8H,2-6H2,1H3;5H,2-4H2,1H3,(H,7,9)(H,8,10);1-2H3. The number of rotatable bonds is 6. The van der Waals surface area contributed by atoms with Gasteiger partial charge >= 0.3 is 0 Å². The Hall–Kier alpha value is -1.10. The van der Waals surface area contributed by atoms with E-state index >= 15 is 0 Å². The molecule has 0 saturated heterocycles. The summed E-state index contributed by atoms with van der Waals surface area (Å²) in [5, 5.41) is 8.34. The zero-order valence-corrected chi connectivity index (χ0v) is 13.6. The van der Waals surface area contributed by atoms with Gasteiger partial charge in [-0.15, -0.1) is 0 Å². The molecule has 5 heteroatoms. The molecule has 0 heterocycles. The first-order chi connectivity index (χ1) is 9.74. The maximum absolute atomic E-state index is 10.5. The van der Waals surface area contributed by atoms with Crippen molar-refractivity contribution in [2.75, 3.05) is 20.1 Å². The second-order valence-corrected chi connectivity index (χ2v) is 4.40. The summed E-state index contributed by atoms with van der Waals surface area (Å²) in [7, 11) is 2.07. The molecule has 0 aliphatic heterocycles. The van der Waals surface area contributed by atoms with E-state index in [0.717, 1.165) is 6.04 Å². The van der Waals surface area contributed by atoms with Crippen LogP contribution < -0.4 is 16.0 Å². The largest absolute Gasteiger partial charge is 0.357 e. The van der Waals surface area contributed by atoms with Crippen LogP contribution in [0.15, 0.2) is 0 Å². The molecule has 0 bridgehead atoms. The summed E-state index contributed by atoms with van der Waals surface area (Å²) in [5.41, 5.74) is 0. The van der Waals surface area contributed by atoms with Gasteiger partial charge < -0.3 is 16.0 Å². The van der Waals surface area contributed by atoms with Crippen LogP contribution in [0.5, 0.6) is 0 Å². The Balaban J connectivity index is 0. The molecule has 0 aromatic rings. The van der Waals surface area contributed by atoms with Crippen LogP contribution >= 0.6 is 0 Å². The predicted octanol–water partition coefficient (Wildman–Crippen LogP) is 1.82. The number of carbonyl (C=O) groups is 2. The van der Waals surface area contributed by atoms with Crippen LogP contribution in [0.1, 0.15) is 59.3 Å². The number of hydrogen-bond acceptors (Lipinski definition) is 3. The summed E-state index contributed by atoms with van der Waals surface area (Å²) in [6.45, 7) is 6.78. The lowest BCUT2D eigenvalue weighted by Gasteiger charge is -2.20. The molecule has 0 aromatic carbocycles. The first kappa shape index (κ1) is 21.2. The van der Waals surface area contributed by atoms with Gasteiger partial charge in [-0.2, -0.15) is 0 Å². The van der Waals surface area contributed by atoms with E-state index in [2.05, 4.69) is 23.0 Å². The van der Waals surface area contributed by atoms with Crippen molar-refractivity contribution in [2.24, 2.45) is 0 Å². The summed E-state index contributed by atoms with van der Waals surface area (Å²) in [4.78, 5) is 20.2. The monoisotopic (exact) mass is 287 g/mol. The number of nitrogens with one attached hydrogen (secondary N) is 3. The number of carbonyl (C=O) groups excluding carboxylic acids is 2. The van der Waals surface area contributed by atoms with Gasteiger partial charge in [0.05, 0.1) is 0 Å². The molecule has 0 atom stereocenters. The Bertz CT molecular complexity index is 217. The van der Waals surface area contributed by atoms with Crippen LogP contribution in [-0.4, -0.2) is 38.5 Å². The molecule has 1 saturated carbocycles. The van der Waals surface area contributed by atoms with Crippen LogP contribution in [0.3, 0.4) is 0 Å². The van der Waals surface area contributed by atoms with Crippen LogP contribution in [0.25, 0.3) is 0 Å². The minimum absolute atomic E-state index is 0.00713. The molecule has 0 unspecified atom stereocenters. The van der Waals surface area contributed by atoms with E-state index in [1.54, 1.807) is 6.92 Å². The fourth-order valence-corrected chi connectivity index (χ4v) is 1.85. The zero-order chi connectivity index (χ0) is 15.6. The van der Waals surface area contributed by atoms with Crippen molar-refractivity contribution < 1.29 is 9.59 Å². The van der Waals surface area contributed by atoms with Gasteiger partial charge in [-0.3, -0.25) is 9.59 Å². The SMILES string of the molecule is CC.CCC(=O)NCCNC=O.CNC1CCCCC1. The maximum atomic E-state index is 10.5.